The van der Waals surface area contributed by atoms with E-state index in [1.165, 1.54) is 0 Å². The molecule has 182 valence electrons. The molecule has 0 bridgehead atoms. The van der Waals surface area contributed by atoms with E-state index in [-0.39, 0.29) is 18.9 Å². The van der Waals surface area contributed by atoms with Crippen LogP contribution < -0.4 is 4.74 Å². The fourth-order valence-corrected chi connectivity index (χ4v) is 3.46. The van der Waals surface area contributed by atoms with Crippen molar-refractivity contribution >= 4 is 16.1 Å². The average Bonchev–Trinajstić information content (AvgIpc) is 2.76. The summed E-state index contributed by atoms with van der Waals surface area (Å²) in [6.45, 7) is -1.35. The summed E-state index contributed by atoms with van der Waals surface area (Å²) >= 11 is 0. The first-order valence-corrected chi connectivity index (χ1v) is 10.0. The maximum Gasteiger partial charge on any atom is 0.341 e. The van der Waals surface area contributed by atoms with Crippen LogP contribution in [0.15, 0.2) is 11.0 Å². The lowest BCUT2D eigenvalue weighted by molar-refractivity contribution is 0.0486. The van der Waals surface area contributed by atoms with Gasteiger partial charge in [0.2, 0.25) is 11.6 Å². The number of esters is 1. The standard InChI is InChI=1S/C18H12F8O6S/c1-30-16-9(20)7(6-8(19)10(16)21)18(27)31-4-2-3-5-32-33(28,29)17-14(25)12(23)11(22)13(24)15(17)26/h6H,2-5H2,1H3. The first-order chi connectivity index (χ1) is 15.3. The number of unbranched alkanes of at least 4 members (excludes halogenated alkanes) is 1. The molecule has 0 fully saturated rings. The van der Waals surface area contributed by atoms with E-state index in [0.29, 0.717) is 0 Å². The molecular formula is C18H12F8O6S. The Balaban J connectivity index is 1.95. The molecule has 0 saturated carbocycles. The Morgan fingerprint density at radius 2 is 1.30 bits per heavy atom. The van der Waals surface area contributed by atoms with Crippen LogP contribution in [0.3, 0.4) is 0 Å². The predicted octanol–water partition coefficient (Wildman–Crippen LogP) is 4.15. The van der Waals surface area contributed by atoms with Gasteiger partial charge in [0.1, 0.15) is 5.56 Å². The van der Waals surface area contributed by atoms with Crippen molar-refractivity contribution in [2.45, 2.75) is 17.7 Å². The zero-order valence-electron chi connectivity index (χ0n) is 16.3. The van der Waals surface area contributed by atoms with Crippen molar-refractivity contribution < 1.29 is 62.0 Å². The second-order valence-electron chi connectivity index (χ2n) is 6.09. The molecule has 0 radical (unpaired) electrons. The van der Waals surface area contributed by atoms with Gasteiger partial charge in [-0.3, -0.25) is 4.18 Å². The number of halogens is 8. The second-order valence-corrected chi connectivity index (χ2v) is 7.64. The number of carbonyl (C=O) groups excluding carboxylic acids is 1. The van der Waals surface area contributed by atoms with Crippen LogP contribution in [0.25, 0.3) is 0 Å². The normalized spacial score (nSPS) is 11.5. The molecule has 0 aliphatic heterocycles. The lowest BCUT2D eigenvalue weighted by atomic mass is 10.2. The average molecular weight is 508 g/mol. The van der Waals surface area contributed by atoms with Crippen LogP contribution in [0.4, 0.5) is 35.1 Å². The van der Waals surface area contributed by atoms with Crippen molar-refractivity contribution in [3.8, 4) is 5.75 Å². The Hall–Kier alpha value is -2.94. The monoisotopic (exact) mass is 508 g/mol. The molecule has 2 aromatic rings. The zero-order valence-corrected chi connectivity index (χ0v) is 17.1. The Morgan fingerprint density at radius 3 is 1.85 bits per heavy atom. The van der Waals surface area contributed by atoms with E-state index < -0.39 is 92.0 Å². The molecule has 0 unspecified atom stereocenters. The van der Waals surface area contributed by atoms with E-state index in [0.717, 1.165) is 7.11 Å². The fraction of sp³-hybridized carbons (Fsp3) is 0.278. The van der Waals surface area contributed by atoms with E-state index in [1.807, 2.05) is 0 Å². The van der Waals surface area contributed by atoms with Crippen LogP contribution in [0.5, 0.6) is 5.75 Å². The van der Waals surface area contributed by atoms with Crippen molar-refractivity contribution in [1.29, 1.82) is 0 Å². The molecule has 0 aliphatic rings. The van der Waals surface area contributed by atoms with Crippen molar-refractivity contribution in [3.63, 3.8) is 0 Å². The van der Waals surface area contributed by atoms with Gasteiger partial charge >= 0.3 is 16.1 Å². The zero-order chi connectivity index (χ0) is 25.1. The summed E-state index contributed by atoms with van der Waals surface area (Å²) in [5.41, 5.74) is -0.990. The lowest BCUT2D eigenvalue weighted by Crippen LogP contribution is -2.16. The first-order valence-electron chi connectivity index (χ1n) is 8.64. The molecule has 2 aromatic carbocycles. The third-order valence-electron chi connectivity index (χ3n) is 3.97. The quantitative estimate of drug-likeness (QED) is 0.127. The Labute approximate surface area is 180 Å². The van der Waals surface area contributed by atoms with Crippen LogP contribution in [0.2, 0.25) is 0 Å². The van der Waals surface area contributed by atoms with Gasteiger partial charge in [-0.15, -0.1) is 0 Å². The fourth-order valence-electron chi connectivity index (χ4n) is 2.39. The molecule has 0 atom stereocenters. The molecule has 0 amide bonds. The Kier molecular flexibility index (Phi) is 8.24. The molecule has 15 heteroatoms. The highest BCUT2D eigenvalue weighted by Gasteiger charge is 2.34. The van der Waals surface area contributed by atoms with Gasteiger partial charge in [-0.2, -0.15) is 12.8 Å². The molecular weight excluding hydrogens is 496 g/mol. The molecule has 0 aromatic heterocycles. The molecule has 0 N–H and O–H groups in total. The van der Waals surface area contributed by atoms with Crippen molar-refractivity contribution in [3.05, 3.63) is 58.2 Å². The number of carbonyl (C=O) groups is 1. The van der Waals surface area contributed by atoms with Gasteiger partial charge in [0.25, 0.3) is 0 Å². The third-order valence-corrected chi connectivity index (χ3v) is 5.31. The maximum atomic E-state index is 14.0. The second kappa shape index (κ2) is 10.3. The molecule has 2 rings (SSSR count). The van der Waals surface area contributed by atoms with Gasteiger partial charge in [-0.05, 0) is 18.9 Å². The summed E-state index contributed by atoms with van der Waals surface area (Å²) in [5, 5.41) is 0. The third kappa shape index (κ3) is 5.35. The minimum Gasteiger partial charge on any atom is -0.491 e. The van der Waals surface area contributed by atoms with E-state index in [2.05, 4.69) is 13.7 Å². The summed E-state index contributed by atoms with van der Waals surface area (Å²) in [4.78, 5) is 9.65. The summed E-state index contributed by atoms with van der Waals surface area (Å²) < 4.78 is 144. The molecule has 0 heterocycles. The van der Waals surface area contributed by atoms with Gasteiger partial charge < -0.3 is 9.47 Å². The SMILES string of the molecule is COc1c(F)c(F)cc(C(=O)OCCCCOS(=O)(=O)c2c(F)c(F)c(F)c(F)c2F)c1F. The smallest absolute Gasteiger partial charge is 0.341 e. The summed E-state index contributed by atoms with van der Waals surface area (Å²) in [5.74, 6) is -20.1. The van der Waals surface area contributed by atoms with E-state index in [4.69, 9.17) is 0 Å². The number of rotatable bonds is 9. The number of hydrogen-bond donors (Lipinski definition) is 0. The van der Waals surface area contributed by atoms with Gasteiger partial charge in [-0.25, -0.2) is 35.5 Å². The molecule has 0 spiro atoms. The molecule has 6 nitrogen and oxygen atoms in total. The Morgan fingerprint density at radius 1 is 0.788 bits per heavy atom. The number of ether oxygens (including phenoxy) is 2. The van der Waals surface area contributed by atoms with Gasteiger partial charge in [0.05, 0.1) is 20.3 Å². The molecule has 33 heavy (non-hydrogen) atoms. The maximum absolute atomic E-state index is 14.0. The lowest BCUT2D eigenvalue weighted by Gasteiger charge is -2.10. The van der Waals surface area contributed by atoms with Crippen molar-refractivity contribution in [1.82, 2.24) is 0 Å². The molecule has 0 saturated heterocycles. The van der Waals surface area contributed by atoms with Crippen LogP contribution >= 0.6 is 0 Å². The highest BCUT2D eigenvalue weighted by molar-refractivity contribution is 7.86. The highest BCUT2D eigenvalue weighted by atomic mass is 32.2. The summed E-state index contributed by atoms with van der Waals surface area (Å²) in [6.07, 6.45) is -0.480. The predicted molar refractivity (Wildman–Crippen MR) is 91.8 cm³/mol. The minimum absolute atomic E-state index is 0.194. The van der Waals surface area contributed by atoms with E-state index in [1.54, 1.807) is 0 Å². The Bertz CT molecular complexity index is 1160. The largest absolute Gasteiger partial charge is 0.491 e. The molecule has 0 aliphatic carbocycles. The van der Waals surface area contributed by atoms with Gasteiger partial charge in [-0.1, -0.05) is 0 Å². The van der Waals surface area contributed by atoms with Crippen molar-refractivity contribution in [2.75, 3.05) is 20.3 Å². The van der Waals surface area contributed by atoms with Crippen LogP contribution in [-0.2, 0) is 19.0 Å². The number of methoxy groups -OCH3 is 1. The number of benzene rings is 2. The highest BCUT2D eigenvalue weighted by Crippen LogP contribution is 2.29. The first kappa shape index (κ1) is 26.3. The topological polar surface area (TPSA) is 78.9 Å². The van der Waals surface area contributed by atoms with E-state index in [9.17, 15) is 48.3 Å². The summed E-state index contributed by atoms with van der Waals surface area (Å²) in [7, 11) is -4.57. The number of hydrogen-bond acceptors (Lipinski definition) is 6. The van der Waals surface area contributed by atoms with Crippen LogP contribution in [-0.4, -0.2) is 34.7 Å². The van der Waals surface area contributed by atoms with Crippen LogP contribution in [0, 0.1) is 46.5 Å². The minimum atomic E-state index is -5.40. The van der Waals surface area contributed by atoms with Gasteiger partial charge in [0.15, 0.2) is 45.5 Å². The van der Waals surface area contributed by atoms with Crippen molar-refractivity contribution in [2.24, 2.45) is 0 Å². The van der Waals surface area contributed by atoms with E-state index >= 15 is 0 Å². The van der Waals surface area contributed by atoms with Gasteiger partial charge in [0, 0.05) is 0 Å². The van der Waals surface area contributed by atoms with Crippen LogP contribution in [0.1, 0.15) is 23.2 Å². The summed E-state index contributed by atoms with van der Waals surface area (Å²) in [6, 6.07) is 0.231.